The lowest BCUT2D eigenvalue weighted by molar-refractivity contribution is -0.123. The van der Waals surface area contributed by atoms with Crippen LogP contribution in [0.25, 0.3) is 0 Å². The molecule has 1 aromatic carbocycles. The minimum atomic E-state index is -0.657. The highest BCUT2D eigenvalue weighted by molar-refractivity contribution is 14.0. The Bertz CT molecular complexity index is 610. The van der Waals surface area contributed by atoms with Crippen molar-refractivity contribution in [2.75, 3.05) is 26.2 Å². The third-order valence-corrected chi connectivity index (χ3v) is 4.17. The van der Waals surface area contributed by atoms with Crippen LogP contribution in [-0.2, 0) is 10.2 Å². The molecule has 0 saturated heterocycles. The third kappa shape index (κ3) is 9.73. The second kappa shape index (κ2) is 13.0. The maximum absolute atomic E-state index is 11.6. The van der Waals surface area contributed by atoms with Gasteiger partial charge in [-0.25, -0.2) is 0 Å². The van der Waals surface area contributed by atoms with Crippen LogP contribution in [0, 0.1) is 5.92 Å². The van der Waals surface area contributed by atoms with Gasteiger partial charge >= 0.3 is 0 Å². The molecule has 0 aromatic heterocycles. The molecule has 1 unspecified atom stereocenters. The number of carbonyl (C=O) groups is 1. The number of hydrogen-bond acceptors (Lipinski definition) is 3. The summed E-state index contributed by atoms with van der Waals surface area (Å²) in [6.07, 6.45) is -0.657. The Kier molecular flexibility index (Phi) is 12.4. The zero-order chi connectivity index (χ0) is 20.4. The van der Waals surface area contributed by atoms with Gasteiger partial charge in [0, 0.05) is 25.6 Å². The molecule has 0 aliphatic heterocycles. The van der Waals surface area contributed by atoms with Gasteiger partial charge in [0.05, 0.1) is 12.6 Å². The Balaban J connectivity index is 0.00000729. The van der Waals surface area contributed by atoms with Crippen molar-refractivity contribution in [2.45, 2.75) is 53.1 Å². The molecule has 4 N–H and O–H groups in total. The Morgan fingerprint density at radius 1 is 1.07 bits per heavy atom. The maximum atomic E-state index is 11.6. The molecule has 1 atom stereocenters. The summed E-state index contributed by atoms with van der Waals surface area (Å²) >= 11 is 0. The van der Waals surface area contributed by atoms with E-state index in [9.17, 15) is 9.90 Å². The van der Waals surface area contributed by atoms with Gasteiger partial charge in [0.15, 0.2) is 5.96 Å². The number of carbonyl (C=O) groups excluding carboxylic acids is 1. The van der Waals surface area contributed by atoms with E-state index in [-0.39, 0.29) is 47.8 Å². The average Bonchev–Trinajstić information content (AvgIpc) is 2.61. The molecule has 7 heteroatoms. The van der Waals surface area contributed by atoms with Gasteiger partial charge in [0.1, 0.15) is 0 Å². The minimum Gasteiger partial charge on any atom is -0.386 e. The van der Waals surface area contributed by atoms with Crippen molar-refractivity contribution in [3.63, 3.8) is 0 Å². The third-order valence-electron chi connectivity index (χ3n) is 4.17. The molecule has 0 radical (unpaired) electrons. The van der Waals surface area contributed by atoms with Crippen molar-refractivity contribution in [2.24, 2.45) is 10.9 Å². The fourth-order valence-corrected chi connectivity index (χ4v) is 2.40. The molecule has 0 aliphatic rings. The summed E-state index contributed by atoms with van der Waals surface area (Å²) in [5.41, 5.74) is 2.18. The number of guanidine groups is 1. The van der Waals surface area contributed by atoms with Crippen molar-refractivity contribution < 1.29 is 9.90 Å². The number of amides is 1. The first-order valence-electron chi connectivity index (χ1n) is 9.73. The molecule has 0 aliphatic carbocycles. The highest BCUT2D eigenvalue weighted by Crippen LogP contribution is 2.24. The van der Waals surface area contributed by atoms with Crippen LogP contribution >= 0.6 is 24.0 Å². The van der Waals surface area contributed by atoms with Crippen LogP contribution in [0.1, 0.15) is 58.8 Å². The van der Waals surface area contributed by atoms with E-state index >= 15 is 0 Å². The maximum Gasteiger partial charge on any atom is 0.222 e. The van der Waals surface area contributed by atoms with Crippen LogP contribution < -0.4 is 16.0 Å². The molecule has 1 aromatic rings. The lowest BCUT2D eigenvalue weighted by atomic mass is 9.86. The van der Waals surface area contributed by atoms with Gasteiger partial charge < -0.3 is 21.1 Å². The number of rotatable bonds is 8. The second-order valence-electron chi connectivity index (χ2n) is 7.98. The largest absolute Gasteiger partial charge is 0.386 e. The van der Waals surface area contributed by atoms with E-state index in [0.717, 1.165) is 12.1 Å². The fraction of sp³-hybridized carbons (Fsp3) is 0.619. The fourth-order valence-electron chi connectivity index (χ4n) is 2.40. The first kappa shape index (κ1) is 26.6. The Morgan fingerprint density at radius 3 is 2.14 bits per heavy atom. The predicted octanol–water partition coefficient (Wildman–Crippen LogP) is 2.96. The highest BCUT2D eigenvalue weighted by atomic mass is 127. The van der Waals surface area contributed by atoms with Gasteiger partial charge in [0.25, 0.3) is 0 Å². The van der Waals surface area contributed by atoms with Gasteiger partial charge in [-0.05, 0) is 23.5 Å². The molecule has 160 valence electrons. The lowest BCUT2D eigenvalue weighted by Gasteiger charge is -2.20. The van der Waals surface area contributed by atoms with Crippen molar-refractivity contribution in [1.82, 2.24) is 16.0 Å². The van der Waals surface area contributed by atoms with Gasteiger partial charge in [-0.1, -0.05) is 58.9 Å². The highest BCUT2D eigenvalue weighted by Gasteiger charge is 2.14. The van der Waals surface area contributed by atoms with Gasteiger partial charge in [0.2, 0.25) is 5.91 Å². The van der Waals surface area contributed by atoms with Crippen LogP contribution in [0.15, 0.2) is 29.3 Å². The SMILES string of the molecule is CCNC(=NCC(O)c1ccc(C(C)(C)C)cc1)NCCNC(=O)C(C)C.I. The standard InChI is InChI=1S/C21H36N4O2.HI/c1-7-22-20(24-13-12-23-19(27)15(2)3)25-14-18(26)16-8-10-17(11-9-16)21(4,5)6;/h8-11,15,18,26H,7,12-14H2,1-6H3,(H,23,27)(H2,22,24,25);1H. The summed E-state index contributed by atoms with van der Waals surface area (Å²) in [7, 11) is 0. The monoisotopic (exact) mass is 504 g/mol. The second-order valence-corrected chi connectivity index (χ2v) is 7.98. The quantitative estimate of drug-likeness (QED) is 0.190. The number of aliphatic imine (C=N–C) groups is 1. The van der Waals surface area contributed by atoms with Crippen molar-refractivity contribution in [1.29, 1.82) is 0 Å². The smallest absolute Gasteiger partial charge is 0.222 e. The topological polar surface area (TPSA) is 85.8 Å². The minimum absolute atomic E-state index is 0. The molecule has 6 nitrogen and oxygen atoms in total. The van der Waals surface area contributed by atoms with E-state index in [1.165, 1.54) is 5.56 Å². The number of aliphatic hydroxyl groups is 1. The summed E-state index contributed by atoms with van der Waals surface area (Å²) in [4.78, 5) is 16.0. The first-order valence-corrected chi connectivity index (χ1v) is 9.73. The van der Waals surface area contributed by atoms with E-state index in [0.29, 0.717) is 19.0 Å². The molecular weight excluding hydrogens is 467 g/mol. The Morgan fingerprint density at radius 2 is 1.64 bits per heavy atom. The van der Waals surface area contributed by atoms with Crippen molar-refractivity contribution >= 4 is 35.8 Å². The Labute approximate surface area is 187 Å². The Hall–Kier alpha value is -1.35. The molecule has 0 heterocycles. The number of benzene rings is 1. The molecular formula is C21H37IN4O2. The summed E-state index contributed by atoms with van der Waals surface area (Å²) in [6, 6.07) is 8.04. The van der Waals surface area contributed by atoms with Gasteiger partial charge in [-0.15, -0.1) is 24.0 Å². The number of nitrogens with one attached hydrogen (secondary N) is 3. The molecule has 0 fully saturated rings. The summed E-state index contributed by atoms with van der Waals surface area (Å²) in [6.45, 7) is 14.3. The number of halogens is 1. The molecule has 0 saturated carbocycles. The number of hydrogen-bond donors (Lipinski definition) is 4. The van der Waals surface area contributed by atoms with E-state index in [1.54, 1.807) is 0 Å². The zero-order valence-electron chi connectivity index (χ0n) is 18.0. The predicted molar refractivity (Wildman–Crippen MR) is 127 cm³/mol. The number of aliphatic hydroxyl groups excluding tert-OH is 1. The van der Waals surface area contributed by atoms with Crippen LogP contribution in [0.2, 0.25) is 0 Å². The molecule has 28 heavy (non-hydrogen) atoms. The summed E-state index contributed by atoms with van der Waals surface area (Å²) in [5, 5.41) is 19.6. The summed E-state index contributed by atoms with van der Waals surface area (Å²) in [5.74, 6) is 0.640. The van der Waals surface area contributed by atoms with E-state index in [4.69, 9.17) is 0 Å². The van der Waals surface area contributed by atoms with Crippen LogP contribution in [0.5, 0.6) is 0 Å². The van der Waals surface area contributed by atoms with E-state index in [1.807, 2.05) is 32.9 Å². The zero-order valence-corrected chi connectivity index (χ0v) is 20.3. The van der Waals surface area contributed by atoms with Crippen LogP contribution in [0.4, 0.5) is 0 Å². The number of nitrogens with zero attached hydrogens (tertiary/aromatic N) is 1. The van der Waals surface area contributed by atoms with Gasteiger partial charge in [-0.2, -0.15) is 0 Å². The first-order chi connectivity index (χ1) is 12.6. The summed E-state index contributed by atoms with van der Waals surface area (Å²) < 4.78 is 0. The van der Waals surface area contributed by atoms with Crippen LogP contribution in [-0.4, -0.2) is 43.2 Å². The molecule has 0 bridgehead atoms. The van der Waals surface area contributed by atoms with Crippen molar-refractivity contribution in [3.8, 4) is 0 Å². The lowest BCUT2D eigenvalue weighted by Crippen LogP contribution is -2.42. The molecule has 1 amide bonds. The average molecular weight is 504 g/mol. The van der Waals surface area contributed by atoms with Gasteiger partial charge in [-0.3, -0.25) is 9.79 Å². The normalized spacial score (nSPS) is 12.9. The molecule has 1 rings (SSSR count). The van der Waals surface area contributed by atoms with E-state index < -0.39 is 6.10 Å². The van der Waals surface area contributed by atoms with E-state index in [2.05, 4.69) is 53.8 Å². The van der Waals surface area contributed by atoms with Crippen molar-refractivity contribution in [3.05, 3.63) is 35.4 Å². The molecule has 0 spiro atoms. The van der Waals surface area contributed by atoms with Crippen LogP contribution in [0.3, 0.4) is 0 Å².